The van der Waals surface area contributed by atoms with Gasteiger partial charge in [-0.25, -0.2) is 4.98 Å². The van der Waals surface area contributed by atoms with E-state index in [1.807, 2.05) is 39.0 Å². The summed E-state index contributed by atoms with van der Waals surface area (Å²) in [6.45, 7) is 7.70. The third kappa shape index (κ3) is 3.69. The molecule has 4 nitrogen and oxygen atoms in total. The van der Waals surface area contributed by atoms with Crippen LogP contribution < -0.4 is 5.32 Å². The lowest BCUT2D eigenvalue weighted by atomic mass is 9.95. The fourth-order valence-corrected chi connectivity index (χ4v) is 2.59. The molecule has 1 aromatic heterocycles. The number of hydrogen-bond acceptors (Lipinski definition) is 3. The number of hydrogen-bond donors (Lipinski definition) is 1. The molecule has 0 aliphatic carbocycles. The third-order valence-corrected chi connectivity index (χ3v) is 4.33. The summed E-state index contributed by atoms with van der Waals surface area (Å²) >= 11 is 6.33. The lowest BCUT2D eigenvalue weighted by Gasteiger charge is -2.18. The number of aromatic nitrogens is 1. The van der Waals surface area contributed by atoms with E-state index in [2.05, 4.69) is 17.2 Å². The molecular weight excluding hydrogens is 336 g/mol. The Morgan fingerprint density at radius 1 is 1.20 bits per heavy atom. The van der Waals surface area contributed by atoms with Crippen molar-refractivity contribution in [3.05, 3.63) is 47.0 Å². The topological polar surface area (TPSA) is 55.1 Å². The van der Waals surface area contributed by atoms with E-state index in [0.29, 0.717) is 27.7 Å². The van der Waals surface area contributed by atoms with E-state index in [-0.39, 0.29) is 5.91 Å². The molecule has 0 aliphatic heterocycles. The summed E-state index contributed by atoms with van der Waals surface area (Å²) in [5, 5.41) is 3.43. The number of nitrogens with one attached hydrogen (secondary N) is 1. The minimum atomic E-state index is -0.478. The molecule has 5 heteroatoms. The number of rotatable bonds is 3. The highest BCUT2D eigenvalue weighted by molar-refractivity contribution is 6.33. The number of nitrogens with zero attached hydrogens (tertiary/aromatic N) is 1. The van der Waals surface area contributed by atoms with E-state index in [1.54, 1.807) is 18.2 Å². The number of benzene rings is 2. The summed E-state index contributed by atoms with van der Waals surface area (Å²) in [4.78, 5) is 16.8. The second-order valence-corrected chi connectivity index (χ2v) is 7.48. The highest BCUT2D eigenvalue weighted by Crippen LogP contribution is 2.33. The largest absolute Gasteiger partial charge is 0.436 e. The number of halogens is 1. The first kappa shape index (κ1) is 17.5. The zero-order valence-electron chi connectivity index (χ0n) is 14.8. The zero-order valence-corrected chi connectivity index (χ0v) is 15.6. The molecule has 0 saturated carbocycles. The fourth-order valence-electron chi connectivity index (χ4n) is 2.39. The monoisotopic (exact) mass is 356 g/mol. The van der Waals surface area contributed by atoms with E-state index >= 15 is 0 Å². The molecule has 0 radical (unpaired) electrons. The van der Waals surface area contributed by atoms with Crippen molar-refractivity contribution in [3.8, 4) is 11.5 Å². The van der Waals surface area contributed by atoms with Crippen LogP contribution in [0.25, 0.3) is 22.6 Å². The first-order valence-electron chi connectivity index (χ1n) is 8.29. The van der Waals surface area contributed by atoms with E-state index < -0.39 is 5.41 Å². The number of carbonyl (C=O) groups is 1. The maximum atomic E-state index is 12.2. The van der Waals surface area contributed by atoms with Gasteiger partial charge >= 0.3 is 0 Å². The average molecular weight is 357 g/mol. The molecule has 1 N–H and O–H groups in total. The van der Waals surface area contributed by atoms with Gasteiger partial charge < -0.3 is 9.73 Å². The Bertz CT molecular complexity index is 939. The third-order valence-electron chi connectivity index (χ3n) is 4.00. The van der Waals surface area contributed by atoms with Gasteiger partial charge in [0.25, 0.3) is 0 Å². The molecule has 0 atom stereocenters. The standard InChI is InChI=1S/C20H21ClN2O2/c1-5-12-6-9-17-16(10-12)23-18(25-17)14-11-13(7-8-15(14)21)22-19(24)20(2,3)4/h6-11H,5H2,1-4H3,(H,22,24). The molecule has 3 rings (SSSR count). The van der Waals surface area contributed by atoms with Crippen LogP contribution in [0.5, 0.6) is 0 Å². The zero-order chi connectivity index (χ0) is 18.2. The molecule has 0 spiro atoms. The Morgan fingerprint density at radius 3 is 2.64 bits per heavy atom. The van der Waals surface area contributed by atoms with Crippen molar-refractivity contribution in [1.29, 1.82) is 0 Å². The Labute approximate surface area is 152 Å². The van der Waals surface area contributed by atoms with E-state index in [0.717, 1.165) is 11.9 Å². The van der Waals surface area contributed by atoms with Gasteiger partial charge in [0.2, 0.25) is 11.8 Å². The summed E-state index contributed by atoms with van der Waals surface area (Å²) < 4.78 is 5.85. The van der Waals surface area contributed by atoms with Crippen molar-refractivity contribution < 1.29 is 9.21 Å². The molecule has 130 valence electrons. The predicted octanol–water partition coefficient (Wildman–Crippen LogP) is 5.70. The molecule has 0 unspecified atom stereocenters. The second kappa shape index (κ2) is 6.52. The first-order valence-corrected chi connectivity index (χ1v) is 8.66. The fraction of sp³-hybridized carbons (Fsp3) is 0.300. The number of anilines is 1. The molecule has 0 fully saturated rings. The maximum absolute atomic E-state index is 12.2. The van der Waals surface area contributed by atoms with Crippen molar-refractivity contribution in [2.45, 2.75) is 34.1 Å². The van der Waals surface area contributed by atoms with Crippen LogP contribution in [0, 0.1) is 5.41 Å². The number of aryl methyl sites for hydroxylation is 1. The predicted molar refractivity (Wildman–Crippen MR) is 102 cm³/mol. The van der Waals surface area contributed by atoms with Crippen molar-refractivity contribution in [2.24, 2.45) is 5.41 Å². The van der Waals surface area contributed by atoms with E-state index in [4.69, 9.17) is 16.0 Å². The quantitative estimate of drug-likeness (QED) is 0.655. The van der Waals surface area contributed by atoms with Gasteiger partial charge in [-0.15, -0.1) is 0 Å². The lowest BCUT2D eigenvalue weighted by molar-refractivity contribution is -0.123. The highest BCUT2D eigenvalue weighted by atomic mass is 35.5. The minimum Gasteiger partial charge on any atom is -0.436 e. The Kier molecular flexibility index (Phi) is 4.56. The van der Waals surface area contributed by atoms with Crippen LogP contribution in [0.1, 0.15) is 33.3 Å². The summed E-state index contributed by atoms with van der Waals surface area (Å²) in [5.74, 6) is 0.381. The molecule has 3 aromatic rings. The van der Waals surface area contributed by atoms with Crippen LogP contribution in [-0.4, -0.2) is 10.9 Å². The minimum absolute atomic E-state index is 0.0640. The van der Waals surface area contributed by atoms with Gasteiger partial charge in [-0.3, -0.25) is 4.79 Å². The number of fused-ring (bicyclic) bond motifs is 1. The summed E-state index contributed by atoms with van der Waals surface area (Å²) in [6, 6.07) is 11.3. The highest BCUT2D eigenvalue weighted by Gasteiger charge is 2.22. The smallest absolute Gasteiger partial charge is 0.229 e. The van der Waals surface area contributed by atoms with Crippen LogP contribution in [-0.2, 0) is 11.2 Å². The van der Waals surface area contributed by atoms with Gasteiger partial charge in [0, 0.05) is 11.1 Å². The van der Waals surface area contributed by atoms with Crippen LogP contribution in [0.15, 0.2) is 40.8 Å². The average Bonchev–Trinajstić information content (AvgIpc) is 2.98. The van der Waals surface area contributed by atoms with Gasteiger partial charge in [0.05, 0.1) is 10.6 Å². The molecule has 2 aromatic carbocycles. The molecular formula is C20H21ClN2O2. The number of carbonyl (C=O) groups excluding carboxylic acids is 1. The number of amides is 1. The molecule has 1 amide bonds. The van der Waals surface area contributed by atoms with Crippen molar-refractivity contribution >= 4 is 34.3 Å². The molecule has 25 heavy (non-hydrogen) atoms. The Hall–Kier alpha value is -2.33. The van der Waals surface area contributed by atoms with Crippen molar-refractivity contribution in [1.82, 2.24) is 4.98 Å². The number of oxazole rings is 1. The van der Waals surface area contributed by atoms with E-state index in [9.17, 15) is 4.79 Å². The lowest BCUT2D eigenvalue weighted by Crippen LogP contribution is -2.27. The van der Waals surface area contributed by atoms with Gasteiger partial charge in [0.1, 0.15) is 5.52 Å². The molecule has 0 aliphatic rings. The van der Waals surface area contributed by atoms with Gasteiger partial charge in [0.15, 0.2) is 5.58 Å². The van der Waals surface area contributed by atoms with Gasteiger partial charge in [-0.05, 0) is 42.3 Å². The molecule has 1 heterocycles. The van der Waals surface area contributed by atoms with Gasteiger partial charge in [-0.1, -0.05) is 45.4 Å². The van der Waals surface area contributed by atoms with Crippen LogP contribution in [0.2, 0.25) is 5.02 Å². The maximum Gasteiger partial charge on any atom is 0.229 e. The first-order chi connectivity index (χ1) is 11.8. The Morgan fingerprint density at radius 2 is 1.96 bits per heavy atom. The normalized spacial score (nSPS) is 11.7. The summed E-state index contributed by atoms with van der Waals surface area (Å²) in [6.07, 6.45) is 0.938. The van der Waals surface area contributed by atoms with E-state index in [1.165, 1.54) is 5.56 Å². The SMILES string of the molecule is CCc1ccc2oc(-c3cc(NC(=O)C(C)(C)C)ccc3Cl)nc2c1. The van der Waals surface area contributed by atoms with Crippen molar-refractivity contribution in [2.75, 3.05) is 5.32 Å². The van der Waals surface area contributed by atoms with Crippen LogP contribution in [0.3, 0.4) is 0 Å². The summed E-state index contributed by atoms with van der Waals surface area (Å²) in [7, 11) is 0. The Balaban J connectivity index is 1.99. The molecule has 0 bridgehead atoms. The van der Waals surface area contributed by atoms with Crippen LogP contribution in [0.4, 0.5) is 5.69 Å². The second-order valence-electron chi connectivity index (χ2n) is 7.07. The summed E-state index contributed by atoms with van der Waals surface area (Å²) in [5.41, 5.74) is 3.55. The van der Waals surface area contributed by atoms with Gasteiger partial charge in [-0.2, -0.15) is 0 Å². The van der Waals surface area contributed by atoms with Crippen molar-refractivity contribution in [3.63, 3.8) is 0 Å². The van der Waals surface area contributed by atoms with Crippen LogP contribution >= 0.6 is 11.6 Å². The molecule has 0 saturated heterocycles.